The summed E-state index contributed by atoms with van der Waals surface area (Å²) in [6, 6.07) is 3.44. The summed E-state index contributed by atoms with van der Waals surface area (Å²) in [5.74, 6) is -0.0251. The Labute approximate surface area is 99.8 Å². The van der Waals surface area contributed by atoms with Crippen LogP contribution < -0.4 is 4.74 Å². The highest BCUT2D eigenvalue weighted by Crippen LogP contribution is 2.41. The van der Waals surface area contributed by atoms with Gasteiger partial charge in [0, 0.05) is 17.7 Å². The average molecular weight is 259 g/mol. The number of halogens is 3. The molecule has 1 atom stereocenters. The summed E-state index contributed by atoms with van der Waals surface area (Å²) in [6.07, 6.45) is -2.53. The van der Waals surface area contributed by atoms with Gasteiger partial charge in [0.1, 0.15) is 5.75 Å². The van der Waals surface area contributed by atoms with E-state index >= 15 is 0 Å². The van der Waals surface area contributed by atoms with E-state index in [0.29, 0.717) is 0 Å². The maximum atomic E-state index is 12.7. The molecule has 1 aliphatic rings. The van der Waals surface area contributed by atoms with Crippen LogP contribution in [0.3, 0.4) is 0 Å². The molecule has 0 bridgehead atoms. The van der Waals surface area contributed by atoms with Crippen molar-refractivity contribution >= 4 is 11.8 Å². The molecule has 0 amide bonds. The normalized spacial score (nSPS) is 22.2. The zero-order valence-corrected chi connectivity index (χ0v) is 9.19. The molecule has 2 rings (SSSR count). The number of fused-ring (bicyclic) bond motifs is 1. The minimum absolute atomic E-state index is 0.0251. The van der Waals surface area contributed by atoms with Gasteiger partial charge in [-0.1, -0.05) is 6.08 Å². The number of ether oxygens (including phenoxy) is 1. The van der Waals surface area contributed by atoms with Crippen molar-refractivity contribution in [2.24, 2.45) is 0 Å². The standard InChI is InChI=1S/C11H8F3NO3/c1-10(11(12,13)14)5-4-7-6-8(15(16)17)2-3-9(7)18-10/h2-6H,1H3. The predicted octanol–water partition coefficient (Wildman–Crippen LogP) is 3.32. The van der Waals surface area contributed by atoms with Crippen molar-refractivity contribution in [3.05, 3.63) is 40.0 Å². The van der Waals surface area contributed by atoms with E-state index in [-0.39, 0.29) is 17.0 Å². The molecule has 1 unspecified atom stereocenters. The van der Waals surface area contributed by atoms with Crippen LogP contribution in [0.4, 0.5) is 18.9 Å². The van der Waals surface area contributed by atoms with Crippen LogP contribution >= 0.6 is 0 Å². The fourth-order valence-corrected chi connectivity index (χ4v) is 1.54. The van der Waals surface area contributed by atoms with Gasteiger partial charge in [0.05, 0.1) is 4.92 Å². The van der Waals surface area contributed by atoms with Crippen LogP contribution in [0.2, 0.25) is 0 Å². The second-order valence-electron chi connectivity index (χ2n) is 4.02. The first kappa shape index (κ1) is 12.4. The molecule has 4 nitrogen and oxygen atoms in total. The van der Waals surface area contributed by atoms with Crippen molar-refractivity contribution in [1.82, 2.24) is 0 Å². The summed E-state index contributed by atoms with van der Waals surface area (Å²) in [5.41, 5.74) is -2.35. The van der Waals surface area contributed by atoms with E-state index in [1.807, 2.05) is 0 Å². The SMILES string of the molecule is CC1(C(F)(F)F)C=Cc2cc([N+](=O)[O-])ccc2O1. The van der Waals surface area contributed by atoms with Gasteiger partial charge in [0.25, 0.3) is 5.69 Å². The third-order valence-electron chi connectivity index (χ3n) is 2.67. The number of benzene rings is 1. The Morgan fingerprint density at radius 2 is 2.06 bits per heavy atom. The van der Waals surface area contributed by atoms with Crippen LogP contribution in [0.25, 0.3) is 6.08 Å². The fourth-order valence-electron chi connectivity index (χ4n) is 1.54. The number of hydrogen-bond acceptors (Lipinski definition) is 3. The topological polar surface area (TPSA) is 52.4 Å². The lowest BCUT2D eigenvalue weighted by atomic mass is 9.99. The van der Waals surface area contributed by atoms with Crippen molar-refractivity contribution < 1.29 is 22.8 Å². The van der Waals surface area contributed by atoms with Crippen molar-refractivity contribution in [3.8, 4) is 5.75 Å². The van der Waals surface area contributed by atoms with E-state index in [0.717, 1.165) is 19.1 Å². The van der Waals surface area contributed by atoms with Crippen LogP contribution in [0.1, 0.15) is 12.5 Å². The smallest absolute Gasteiger partial charge is 0.431 e. The molecule has 1 aromatic rings. The Kier molecular flexibility index (Phi) is 2.57. The molecule has 0 radical (unpaired) electrons. The van der Waals surface area contributed by atoms with Crippen LogP contribution in [-0.4, -0.2) is 16.7 Å². The molecule has 18 heavy (non-hydrogen) atoms. The summed E-state index contributed by atoms with van der Waals surface area (Å²) < 4.78 is 43.1. The Morgan fingerprint density at radius 1 is 1.39 bits per heavy atom. The Balaban J connectivity index is 2.42. The van der Waals surface area contributed by atoms with Gasteiger partial charge in [0.2, 0.25) is 5.60 Å². The van der Waals surface area contributed by atoms with E-state index in [9.17, 15) is 23.3 Å². The highest BCUT2D eigenvalue weighted by atomic mass is 19.4. The molecular formula is C11H8F3NO3. The fraction of sp³-hybridized carbons (Fsp3) is 0.273. The lowest BCUT2D eigenvalue weighted by Crippen LogP contribution is -2.46. The molecule has 0 spiro atoms. The van der Waals surface area contributed by atoms with Gasteiger partial charge in [-0.15, -0.1) is 0 Å². The summed E-state index contributed by atoms with van der Waals surface area (Å²) in [6.45, 7) is 0.897. The molecule has 1 aliphatic heterocycles. The predicted molar refractivity (Wildman–Crippen MR) is 57.2 cm³/mol. The Morgan fingerprint density at radius 3 is 2.61 bits per heavy atom. The second-order valence-corrected chi connectivity index (χ2v) is 4.02. The van der Waals surface area contributed by atoms with Gasteiger partial charge in [-0.25, -0.2) is 0 Å². The number of nitrogens with zero attached hydrogens (tertiary/aromatic N) is 1. The lowest BCUT2D eigenvalue weighted by molar-refractivity contribution is -0.384. The van der Waals surface area contributed by atoms with Crippen LogP contribution in [0.15, 0.2) is 24.3 Å². The van der Waals surface area contributed by atoms with E-state index in [2.05, 4.69) is 0 Å². The summed E-state index contributed by atoms with van der Waals surface area (Å²) in [4.78, 5) is 9.91. The summed E-state index contributed by atoms with van der Waals surface area (Å²) in [5, 5.41) is 10.5. The maximum absolute atomic E-state index is 12.7. The Hall–Kier alpha value is -2.05. The molecule has 0 aliphatic carbocycles. The third kappa shape index (κ3) is 1.92. The number of non-ortho nitro benzene ring substituents is 1. The molecule has 0 N–H and O–H groups in total. The van der Waals surface area contributed by atoms with E-state index in [4.69, 9.17) is 4.74 Å². The minimum Gasteiger partial charge on any atom is -0.473 e. The molecule has 0 saturated carbocycles. The second kappa shape index (κ2) is 3.72. The summed E-state index contributed by atoms with van der Waals surface area (Å²) in [7, 11) is 0. The van der Waals surface area contributed by atoms with Crippen molar-refractivity contribution in [2.45, 2.75) is 18.7 Å². The zero-order chi connectivity index (χ0) is 13.6. The van der Waals surface area contributed by atoms with Gasteiger partial charge in [-0.05, 0) is 19.1 Å². The first-order chi connectivity index (χ1) is 8.23. The molecule has 7 heteroatoms. The highest BCUT2D eigenvalue weighted by molar-refractivity contribution is 5.64. The highest BCUT2D eigenvalue weighted by Gasteiger charge is 2.53. The molecule has 0 saturated heterocycles. The van der Waals surface area contributed by atoms with Crippen LogP contribution in [-0.2, 0) is 0 Å². The maximum Gasteiger partial charge on any atom is 0.431 e. The quantitative estimate of drug-likeness (QED) is 0.574. The van der Waals surface area contributed by atoms with Crippen molar-refractivity contribution in [1.29, 1.82) is 0 Å². The third-order valence-corrected chi connectivity index (χ3v) is 2.67. The molecule has 1 aromatic carbocycles. The largest absolute Gasteiger partial charge is 0.473 e. The van der Waals surface area contributed by atoms with Gasteiger partial charge in [-0.3, -0.25) is 10.1 Å². The summed E-state index contributed by atoms with van der Waals surface area (Å²) >= 11 is 0. The number of rotatable bonds is 1. The zero-order valence-electron chi connectivity index (χ0n) is 9.19. The molecule has 1 heterocycles. The first-order valence-corrected chi connectivity index (χ1v) is 4.96. The number of nitro benzene ring substituents is 1. The number of alkyl halides is 3. The van der Waals surface area contributed by atoms with E-state index in [1.165, 1.54) is 18.2 Å². The molecule has 0 fully saturated rings. The lowest BCUT2D eigenvalue weighted by Gasteiger charge is -2.33. The first-order valence-electron chi connectivity index (χ1n) is 4.96. The average Bonchev–Trinajstić information content (AvgIpc) is 2.26. The monoisotopic (exact) mass is 259 g/mol. The van der Waals surface area contributed by atoms with Gasteiger partial charge >= 0.3 is 6.18 Å². The molecular weight excluding hydrogens is 251 g/mol. The van der Waals surface area contributed by atoms with Gasteiger partial charge < -0.3 is 4.74 Å². The number of nitro groups is 1. The minimum atomic E-state index is -4.55. The van der Waals surface area contributed by atoms with Crippen LogP contribution in [0, 0.1) is 10.1 Å². The van der Waals surface area contributed by atoms with Crippen molar-refractivity contribution in [2.75, 3.05) is 0 Å². The van der Waals surface area contributed by atoms with Crippen molar-refractivity contribution in [3.63, 3.8) is 0 Å². The van der Waals surface area contributed by atoms with E-state index < -0.39 is 16.7 Å². The van der Waals surface area contributed by atoms with E-state index in [1.54, 1.807) is 0 Å². The molecule has 0 aromatic heterocycles. The molecule has 96 valence electrons. The van der Waals surface area contributed by atoms with Crippen LogP contribution in [0.5, 0.6) is 5.75 Å². The van der Waals surface area contributed by atoms with Gasteiger partial charge in [0.15, 0.2) is 0 Å². The van der Waals surface area contributed by atoms with Gasteiger partial charge in [-0.2, -0.15) is 13.2 Å². The Bertz CT molecular complexity index is 539. The number of hydrogen-bond donors (Lipinski definition) is 0.